The Morgan fingerprint density at radius 3 is 3.06 bits per heavy atom. The van der Waals surface area contributed by atoms with Crippen molar-refractivity contribution >= 4 is 27.3 Å². The third-order valence-electron chi connectivity index (χ3n) is 2.52. The lowest BCUT2D eigenvalue weighted by molar-refractivity contribution is 0.182. The molecule has 1 atom stereocenters. The number of hydrogen-bond donors (Lipinski definition) is 2. The van der Waals surface area contributed by atoms with Gasteiger partial charge >= 0.3 is 0 Å². The molecule has 2 aromatic rings. The summed E-state index contributed by atoms with van der Waals surface area (Å²) in [4.78, 5) is 5.11. The largest absolute Gasteiger partial charge is 0.383 e. The summed E-state index contributed by atoms with van der Waals surface area (Å²) in [5.41, 5.74) is 5.56. The van der Waals surface area contributed by atoms with Gasteiger partial charge in [0.2, 0.25) is 0 Å². The fourth-order valence-electron chi connectivity index (χ4n) is 1.68. The van der Waals surface area contributed by atoms with Gasteiger partial charge in [0.05, 0.1) is 41.1 Å². The summed E-state index contributed by atoms with van der Waals surface area (Å²) in [6.07, 6.45) is 3.56. The first-order valence-electron chi connectivity index (χ1n) is 5.32. The van der Waals surface area contributed by atoms with Gasteiger partial charge in [-0.2, -0.15) is 5.10 Å². The van der Waals surface area contributed by atoms with Gasteiger partial charge in [0.1, 0.15) is 0 Å². The molecule has 18 heavy (non-hydrogen) atoms. The summed E-state index contributed by atoms with van der Waals surface area (Å²) in [6, 6.07) is -0.133. The topological polar surface area (TPSA) is 78.0 Å². The maximum Gasteiger partial charge on any atom is 0.0997 e. The van der Waals surface area contributed by atoms with Gasteiger partial charge in [-0.3, -0.25) is 15.5 Å². The molecule has 98 valence electrons. The van der Waals surface area contributed by atoms with Crippen molar-refractivity contribution in [3.63, 3.8) is 0 Å². The van der Waals surface area contributed by atoms with E-state index in [1.165, 1.54) is 0 Å². The van der Waals surface area contributed by atoms with Gasteiger partial charge < -0.3 is 4.74 Å². The Balaban J connectivity index is 2.32. The van der Waals surface area contributed by atoms with Gasteiger partial charge in [-0.05, 0) is 15.9 Å². The van der Waals surface area contributed by atoms with E-state index in [2.05, 4.69) is 31.4 Å². The van der Waals surface area contributed by atoms with E-state index in [0.29, 0.717) is 13.2 Å². The molecule has 0 saturated carbocycles. The highest BCUT2D eigenvalue weighted by Gasteiger charge is 2.21. The summed E-state index contributed by atoms with van der Waals surface area (Å²) in [6.45, 7) is 1.27. The normalized spacial score (nSPS) is 12.8. The first-order valence-corrected chi connectivity index (χ1v) is 6.99. The number of nitrogens with zero attached hydrogens (tertiary/aromatic N) is 3. The molecule has 0 aliphatic carbocycles. The molecule has 3 N–H and O–H groups in total. The van der Waals surface area contributed by atoms with Crippen LogP contribution in [0.15, 0.2) is 22.4 Å². The Kier molecular flexibility index (Phi) is 4.84. The number of hydrazine groups is 1. The van der Waals surface area contributed by atoms with E-state index in [4.69, 9.17) is 10.6 Å². The molecule has 2 aromatic heterocycles. The maximum atomic E-state index is 5.66. The maximum absolute atomic E-state index is 5.66. The number of ether oxygens (including phenoxy) is 1. The Morgan fingerprint density at radius 1 is 1.61 bits per heavy atom. The van der Waals surface area contributed by atoms with Gasteiger partial charge in [-0.15, -0.1) is 11.3 Å². The standard InChI is InChI=1S/C10H14BrN5OS/c1-17-3-2-16-10(7(11)4-14-16)9(15-12)8-5-13-6-18-8/h4-6,9,15H,2-3,12H2,1H3. The zero-order valence-corrected chi connectivity index (χ0v) is 12.2. The summed E-state index contributed by atoms with van der Waals surface area (Å²) in [7, 11) is 1.67. The Morgan fingerprint density at radius 2 is 2.44 bits per heavy atom. The number of hydrogen-bond acceptors (Lipinski definition) is 6. The van der Waals surface area contributed by atoms with Crippen LogP contribution in [-0.4, -0.2) is 28.5 Å². The summed E-state index contributed by atoms with van der Waals surface area (Å²) < 4.78 is 7.86. The molecule has 2 heterocycles. The van der Waals surface area contributed by atoms with Crippen molar-refractivity contribution in [2.75, 3.05) is 13.7 Å². The van der Waals surface area contributed by atoms with Gasteiger partial charge in [-0.1, -0.05) is 0 Å². The zero-order chi connectivity index (χ0) is 13.0. The van der Waals surface area contributed by atoms with E-state index >= 15 is 0 Å². The number of halogens is 1. The highest BCUT2D eigenvalue weighted by Crippen LogP contribution is 2.29. The van der Waals surface area contributed by atoms with Gasteiger partial charge in [0.15, 0.2) is 0 Å². The van der Waals surface area contributed by atoms with Crippen LogP contribution in [-0.2, 0) is 11.3 Å². The van der Waals surface area contributed by atoms with Gasteiger partial charge in [0, 0.05) is 18.2 Å². The van der Waals surface area contributed by atoms with Crippen molar-refractivity contribution in [3.8, 4) is 0 Å². The molecule has 2 rings (SSSR count). The van der Waals surface area contributed by atoms with E-state index < -0.39 is 0 Å². The number of aromatic nitrogens is 3. The third-order valence-corrected chi connectivity index (χ3v) is 3.97. The summed E-state index contributed by atoms with van der Waals surface area (Å²) in [5, 5.41) is 4.31. The van der Waals surface area contributed by atoms with Crippen LogP contribution in [0.2, 0.25) is 0 Å². The first-order chi connectivity index (χ1) is 8.77. The van der Waals surface area contributed by atoms with Crippen molar-refractivity contribution in [2.24, 2.45) is 5.84 Å². The molecule has 0 radical (unpaired) electrons. The van der Waals surface area contributed by atoms with Crippen LogP contribution in [0, 0.1) is 0 Å². The minimum atomic E-state index is -0.133. The molecular formula is C10H14BrN5OS. The van der Waals surface area contributed by atoms with Crippen LogP contribution < -0.4 is 11.3 Å². The number of thiazole rings is 1. The minimum Gasteiger partial charge on any atom is -0.383 e. The van der Waals surface area contributed by atoms with Gasteiger partial charge in [-0.25, -0.2) is 5.43 Å². The van der Waals surface area contributed by atoms with Crippen molar-refractivity contribution in [1.29, 1.82) is 0 Å². The van der Waals surface area contributed by atoms with Crippen LogP contribution in [0.3, 0.4) is 0 Å². The monoisotopic (exact) mass is 331 g/mol. The SMILES string of the molecule is COCCn1ncc(Br)c1C(NN)c1cncs1. The number of nitrogens with two attached hydrogens (primary N) is 1. The fraction of sp³-hybridized carbons (Fsp3) is 0.400. The van der Waals surface area contributed by atoms with Crippen LogP contribution >= 0.6 is 27.3 Å². The average Bonchev–Trinajstić information content (AvgIpc) is 3.00. The smallest absolute Gasteiger partial charge is 0.0997 e. The lowest BCUT2D eigenvalue weighted by atomic mass is 10.2. The molecule has 0 aromatic carbocycles. The highest BCUT2D eigenvalue weighted by atomic mass is 79.9. The molecular weight excluding hydrogens is 318 g/mol. The highest BCUT2D eigenvalue weighted by molar-refractivity contribution is 9.10. The third kappa shape index (κ3) is 2.78. The number of rotatable bonds is 6. The fourth-order valence-corrected chi connectivity index (χ4v) is 2.88. The molecule has 0 spiro atoms. The zero-order valence-electron chi connectivity index (χ0n) is 9.84. The molecule has 0 aliphatic rings. The molecule has 8 heteroatoms. The average molecular weight is 332 g/mol. The lowest BCUT2D eigenvalue weighted by Crippen LogP contribution is -2.30. The molecule has 0 bridgehead atoms. The van der Waals surface area contributed by atoms with E-state index in [1.807, 2.05) is 4.68 Å². The Bertz CT molecular complexity index is 486. The summed E-state index contributed by atoms with van der Waals surface area (Å²) >= 11 is 5.05. The number of methoxy groups -OCH3 is 1. The van der Waals surface area contributed by atoms with Crippen molar-refractivity contribution in [1.82, 2.24) is 20.2 Å². The lowest BCUT2D eigenvalue weighted by Gasteiger charge is -2.16. The molecule has 0 aliphatic heterocycles. The van der Waals surface area contributed by atoms with Crippen LogP contribution in [0.4, 0.5) is 0 Å². The first kappa shape index (κ1) is 13.6. The quantitative estimate of drug-likeness (QED) is 0.616. The van der Waals surface area contributed by atoms with Crippen LogP contribution in [0.5, 0.6) is 0 Å². The molecule has 0 amide bonds. The van der Waals surface area contributed by atoms with Crippen molar-refractivity contribution in [3.05, 3.63) is 32.9 Å². The summed E-state index contributed by atoms with van der Waals surface area (Å²) in [5.74, 6) is 5.66. The van der Waals surface area contributed by atoms with E-state index in [0.717, 1.165) is 15.0 Å². The number of nitrogens with one attached hydrogen (secondary N) is 1. The molecule has 0 fully saturated rings. The van der Waals surface area contributed by atoms with E-state index in [-0.39, 0.29) is 6.04 Å². The second-order valence-electron chi connectivity index (χ2n) is 3.60. The minimum absolute atomic E-state index is 0.133. The van der Waals surface area contributed by atoms with E-state index in [1.54, 1.807) is 36.4 Å². The second-order valence-corrected chi connectivity index (χ2v) is 5.37. The predicted octanol–water partition coefficient (Wildman–Crippen LogP) is 1.30. The Labute approximate surface area is 117 Å². The van der Waals surface area contributed by atoms with E-state index in [9.17, 15) is 0 Å². The molecule has 0 saturated heterocycles. The van der Waals surface area contributed by atoms with Crippen LogP contribution in [0.25, 0.3) is 0 Å². The van der Waals surface area contributed by atoms with Crippen molar-refractivity contribution < 1.29 is 4.74 Å². The molecule has 1 unspecified atom stereocenters. The second kappa shape index (κ2) is 6.39. The molecule has 6 nitrogen and oxygen atoms in total. The van der Waals surface area contributed by atoms with Gasteiger partial charge in [0.25, 0.3) is 0 Å². The van der Waals surface area contributed by atoms with Crippen molar-refractivity contribution in [2.45, 2.75) is 12.6 Å². The Hall–Kier alpha value is -0.800. The van der Waals surface area contributed by atoms with Crippen LogP contribution in [0.1, 0.15) is 16.6 Å². The predicted molar refractivity (Wildman–Crippen MR) is 73.1 cm³/mol.